The van der Waals surface area contributed by atoms with Crippen molar-refractivity contribution >= 4 is 24.8 Å². The monoisotopic (exact) mass is 304 g/mol. The van der Waals surface area contributed by atoms with Gasteiger partial charge in [-0.25, -0.2) is 0 Å². The molecule has 1 aliphatic rings. The summed E-state index contributed by atoms with van der Waals surface area (Å²) in [6.45, 7) is 0. The predicted molar refractivity (Wildman–Crippen MR) is 95.3 cm³/mol. The third-order valence-corrected chi connectivity index (χ3v) is 6.38. The maximum Gasteiger partial charge on any atom is 0.143 e. The Hall–Kier alpha value is -2.24. The van der Waals surface area contributed by atoms with Gasteiger partial charge < -0.3 is 0 Å². The summed E-state index contributed by atoms with van der Waals surface area (Å²) in [5.41, 5.74) is 1.31. The van der Waals surface area contributed by atoms with E-state index in [0.29, 0.717) is 0 Å². The molecule has 1 atom stereocenters. The van der Waals surface area contributed by atoms with E-state index < -0.39 is 7.92 Å². The van der Waals surface area contributed by atoms with E-state index >= 15 is 0 Å². The summed E-state index contributed by atoms with van der Waals surface area (Å²) in [7, 11) is -0.585. The molecule has 0 saturated heterocycles. The molecule has 0 N–H and O–H groups in total. The van der Waals surface area contributed by atoms with E-state index in [1.807, 2.05) is 24.3 Å². The van der Waals surface area contributed by atoms with E-state index in [0.717, 1.165) is 11.9 Å². The van der Waals surface area contributed by atoms with Crippen LogP contribution in [0, 0.1) is 0 Å². The van der Waals surface area contributed by atoms with E-state index in [1.165, 1.54) is 10.6 Å². The molecule has 0 aliphatic heterocycles. The van der Waals surface area contributed by atoms with Crippen molar-refractivity contribution in [3.8, 4) is 0 Å². The second-order valence-corrected chi connectivity index (χ2v) is 7.36. The Labute approximate surface area is 132 Å². The van der Waals surface area contributed by atoms with Gasteiger partial charge in [0.1, 0.15) is 6.29 Å². The molecule has 0 saturated carbocycles. The summed E-state index contributed by atoms with van der Waals surface area (Å²) in [4.78, 5) is 11.0. The largest absolute Gasteiger partial charge is 0.299 e. The van der Waals surface area contributed by atoms with Crippen LogP contribution < -0.4 is 10.6 Å². The van der Waals surface area contributed by atoms with Crippen LogP contribution in [0.4, 0.5) is 0 Å². The first kappa shape index (κ1) is 14.7. The van der Waals surface area contributed by atoms with Gasteiger partial charge in [-0.1, -0.05) is 85.0 Å². The number of hydrogen-bond acceptors (Lipinski definition) is 1. The highest BCUT2D eigenvalue weighted by molar-refractivity contribution is 7.74. The Morgan fingerprint density at radius 1 is 0.818 bits per heavy atom. The van der Waals surface area contributed by atoms with E-state index in [-0.39, 0.29) is 5.66 Å². The Balaban J connectivity index is 2.10. The van der Waals surface area contributed by atoms with E-state index in [9.17, 15) is 4.79 Å². The number of hydrogen-bond donors (Lipinski definition) is 0. The fourth-order valence-electron chi connectivity index (χ4n) is 2.66. The third-order valence-electron chi connectivity index (χ3n) is 3.64. The van der Waals surface area contributed by atoms with Crippen molar-refractivity contribution in [1.82, 2.24) is 0 Å². The molecule has 2 heteroatoms. The molecular weight excluding hydrogens is 287 g/mol. The van der Waals surface area contributed by atoms with Gasteiger partial charge in [-0.3, -0.25) is 4.79 Å². The fraction of sp³-hybridized carbons (Fsp3) is 0.0500. The molecule has 1 nitrogen and oxygen atoms in total. The minimum absolute atomic E-state index is 0.231. The first-order valence-corrected chi connectivity index (χ1v) is 8.71. The predicted octanol–water partition coefficient (Wildman–Crippen LogP) is 3.74. The molecule has 0 bridgehead atoms. The number of benzene rings is 2. The lowest BCUT2D eigenvalue weighted by Gasteiger charge is -2.28. The second-order valence-electron chi connectivity index (χ2n) is 5.03. The van der Waals surface area contributed by atoms with Crippen molar-refractivity contribution < 1.29 is 4.79 Å². The Bertz CT molecular complexity index is 674. The number of carbonyl (C=O) groups is 1. The molecule has 1 unspecified atom stereocenters. The molecule has 0 radical (unpaired) electrons. The molecule has 1 aliphatic carbocycles. The van der Waals surface area contributed by atoms with Gasteiger partial charge in [-0.15, -0.1) is 0 Å². The molecule has 0 aromatic heterocycles. The number of aldehydes is 1. The molecule has 22 heavy (non-hydrogen) atoms. The minimum Gasteiger partial charge on any atom is -0.299 e. The highest BCUT2D eigenvalue weighted by Gasteiger charge is 2.25. The van der Waals surface area contributed by atoms with Crippen molar-refractivity contribution in [3.05, 3.63) is 96.6 Å². The lowest BCUT2D eigenvalue weighted by molar-refractivity contribution is -0.104. The molecule has 2 aromatic carbocycles. The Morgan fingerprint density at radius 2 is 1.41 bits per heavy atom. The Morgan fingerprint density at radius 3 is 1.95 bits per heavy atom. The fourth-order valence-corrected chi connectivity index (χ4v) is 5.33. The first-order valence-electron chi connectivity index (χ1n) is 7.30. The Kier molecular flexibility index (Phi) is 4.78. The van der Waals surface area contributed by atoms with Gasteiger partial charge >= 0.3 is 0 Å². The molecule has 0 fully saturated rings. The molecule has 3 rings (SSSR count). The third kappa shape index (κ3) is 3.16. The van der Waals surface area contributed by atoms with Crippen LogP contribution in [-0.4, -0.2) is 11.9 Å². The van der Waals surface area contributed by atoms with Gasteiger partial charge in [0.05, 0.1) is 0 Å². The van der Waals surface area contributed by atoms with Crippen LogP contribution in [0.5, 0.6) is 0 Å². The number of rotatable bonds is 4. The molecular formula is C20H17OP. The molecule has 108 valence electrons. The minimum atomic E-state index is -0.585. The SMILES string of the molecule is O=CC=C1C=CC=CC1P(c1ccccc1)c1ccccc1. The smallest absolute Gasteiger partial charge is 0.143 e. The van der Waals surface area contributed by atoms with E-state index in [2.05, 4.69) is 60.7 Å². The second kappa shape index (κ2) is 7.15. The van der Waals surface area contributed by atoms with Crippen LogP contribution in [-0.2, 0) is 4.79 Å². The molecule has 0 amide bonds. The van der Waals surface area contributed by atoms with Crippen molar-refractivity contribution in [1.29, 1.82) is 0 Å². The van der Waals surface area contributed by atoms with Crippen molar-refractivity contribution in [3.63, 3.8) is 0 Å². The highest BCUT2D eigenvalue weighted by atomic mass is 31.1. The van der Waals surface area contributed by atoms with Crippen LogP contribution in [0.2, 0.25) is 0 Å². The van der Waals surface area contributed by atoms with Gasteiger partial charge in [0.25, 0.3) is 0 Å². The summed E-state index contributed by atoms with van der Waals surface area (Å²) in [5.74, 6) is 0. The highest BCUT2D eigenvalue weighted by Crippen LogP contribution is 2.44. The average Bonchev–Trinajstić information content (AvgIpc) is 2.59. The zero-order valence-corrected chi connectivity index (χ0v) is 13.1. The standard InChI is InChI=1S/C20H17OP/c21-16-15-17-9-7-8-14-20(17)22(18-10-3-1-4-11-18)19-12-5-2-6-13-19/h1-16,20H. The van der Waals surface area contributed by atoms with Crippen LogP contribution in [0.1, 0.15) is 0 Å². The van der Waals surface area contributed by atoms with Crippen LogP contribution in [0.3, 0.4) is 0 Å². The zero-order chi connectivity index (χ0) is 15.2. The van der Waals surface area contributed by atoms with Crippen LogP contribution in [0.15, 0.2) is 96.6 Å². The maximum atomic E-state index is 11.0. The summed E-state index contributed by atoms with van der Waals surface area (Å²) in [6, 6.07) is 21.2. The zero-order valence-electron chi connectivity index (χ0n) is 12.2. The summed E-state index contributed by atoms with van der Waals surface area (Å²) < 4.78 is 0. The van der Waals surface area contributed by atoms with Gasteiger partial charge in [0.2, 0.25) is 0 Å². The summed E-state index contributed by atoms with van der Waals surface area (Å²) in [6.07, 6.45) is 10.9. The van der Waals surface area contributed by atoms with Crippen LogP contribution in [0.25, 0.3) is 0 Å². The molecule has 0 spiro atoms. The van der Waals surface area contributed by atoms with Crippen molar-refractivity contribution in [2.24, 2.45) is 0 Å². The topological polar surface area (TPSA) is 17.1 Å². The molecule has 0 heterocycles. The van der Waals surface area contributed by atoms with Crippen molar-refractivity contribution in [2.45, 2.75) is 5.66 Å². The number of carbonyl (C=O) groups excluding carboxylic acids is 1. The lowest BCUT2D eigenvalue weighted by atomic mass is 10.1. The summed E-state index contributed by atoms with van der Waals surface area (Å²) in [5, 5.41) is 2.65. The first-order chi connectivity index (χ1) is 10.9. The van der Waals surface area contributed by atoms with Crippen LogP contribution >= 0.6 is 7.92 Å². The number of allylic oxidation sites excluding steroid dienone is 6. The maximum absolute atomic E-state index is 11.0. The quantitative estimate of drug-likeness (QED) is 0.478. The molecule has 2 aromatic rings. The van der Waals surface area contributed by atoms with Gasteiger partial charge in [0, 0.05) is 5.66 Å². The average molecular weight is 304 g/mol. The van der Waals surface area contributed by atoms with Gasteiger partial charge in [-0.05, 0) is 30.2 Å². The van der Waals surface area contributed by atoms with E-state index in [4.69, 9.17) is 0 Å². The van der Waals surface area contributed by atoms with Crippen molar-refractivity contribution in [2.75, 3.05) is 0 Å². The summed E-state index contributed by atoms with van der Waals surface area (Å²) >= 11 is 0. The van der Waals surface area contributed by atoms with Gasteiger partial charge in [-0.2, -0.15) is 0 Å². The van der Waals surface area contributed by atoms with E-state index in [1.54, 1.807) is 6.08 Å². The lowest BCUT2D eigenvalue weighted by Crippen LogP contribution is -2.22. The van der Waals surface area contributed by atoms with Gasteiger partial charge in [0.15, 0.2) is 0 Å². The normalized spacial score (nSPS) is 18.8.